The van der Waals surface area contributed by atoms with Gasteiger partial charge in [0, 0.05) is 6.42 Å². The van der Waals surface area contributed by atoms with E-state index in [1.807, 2.05) is 6.08 Å². The van der Waals surface area contributed by atoms with E-state index < -0.39 is 49.5 Å². The van der Waals surface area contributed by atoms with Gasteiger partial charge in [0.2, 0.25) is 5.91 Å². The van der Waals surface area contributed by atoms with Crippen LogP contribution in [0.25, 0.3) is 0 Å². The van der Waals surface area contributed by atoms with Crippen LogP contribution >= 0.6 is 0 Å². The summed E-state index contributed by atoms with van der Waals surface area (Å²) in [5.41, 5.74) is 0. The number of amides is 1. The third-order valence-corrected chi connectivity index (χ3v) is 11.8. The van der Waals surface area contributed by atoms with Crippen LogP contribution in [0.3, 0.4) is 0 Å². The smallest absolute Gasteiger partial charge is 0.220 e. The molecule has 0 aromatic rings. The molecule has 1 aliphatic heterocycles. The summed E-state index contributed by atoms with van der Waals surface area (Å²) in [4.78, 5) is 13.0. The van der Waals surface area contributed by atoms with E-state index in [-0.39, 0.29) is 12.5 Å². The summed E-state index contributed by atoms with van der Waals surface area (Å²) in [5.74, 6) is -0.178. The number of allylic oxidation sites excluding steroid dienone is 3. The molecule has 9 nitrogen and oxygen atoms in total. The molecular formula is C49H93NO8. The van der Waals surface area contributed by atoms with Gasteiger partial charge in [-0.25, -0.2) is 0 Å². The Morgan fingerprint density at radius 2 is 0.966 bits per heavy atom. The normalized spacial score (nSPS) is 21.0. The van der Waals surface area contributed by atoms with E-state index in [1.54, 1.807) is 6.08 Å². The van der Waals surface area contributed by atoms with E-state index in [2.05, 4.69) is 31.3 Å². The lowest BCUT2D eigenvalue weighted by atomic mass is 9.99. The van der Waals surface area contributed by atoms with Crippen LogP contribution in [-0.4, -0.2) is 87.5 Å². The zero-order valence-corrected chi connectivity index (χ0v) is 37.6. The van der Waals surface area contributed by atoms with Crippen LogP contribution in [0.5, 0.6) is 0 Å². The molecule has 9 heteroatoms. The minimum Gasteiger partial charge on any atom is -0.394 e. The van der Waals surface area contributed by atoms with Gasteiger partial charge in [-0.3, -0.25) is 4.79 Å². The molecular weight excluding hydrogens is 731 g/mol. The Hall–Kier alpha value is -1.33. The maximum absolute atomic E-state index is 13.0. The van der Waals surface area contributed by atoms with Crippen molar-refractivity contribution in [2.45, 2.75) is 269 Å². The van der Waals surface area contributed by atoms with Crippen molar-refractivity contribution in [2.75, 3.05) is 13.2 Å². The largest absolute Gasteiger partial charge is 0.394 e. The maximum Gasteiger partial charge on any atom is 0.220 e. The Bertz CT molecular complexity index is 961. The molecule has 1 fully saturated rings. The molecule has 58 heavy (non-hydrogen) atoms. The van der Waals surface area contributed by atoms with Crippen LogP contribution in [0.2, 0.25) is 0 Å². The number of rotatable bonds is 41. The standard InChI is InChI=1S/C49H93NO8/c1-3-5-7-9-11-13-15-17-19-20-21-22-23-24-25-27-29-31-33-35-37-39-45(53)50-42(41-57-49-48(56)47(55)46(54)44(40-51)58-49)43(52)38-36-34-32-30-28-26-18-16-14-12-10-8-6-4-2/h20-21,36,38,42-44,46-49,51-52,54-56H,3-19,22-35,37,39-41H2,1-2H3,(H,50,53)/b21-20-,38-36+. The van der Waals surface area contributed by atoms with Gasteiger partial charge in [-0.15, -0.1) is 0 Å². The van der Waals surface area contributed by atoms with Gasteiger partial charge in [-0.05, 0) is 44.9 Å². The lowest BCUT2D eigenvalue weighted by Crippen LogP contribution is -2.60. The molecule has 1 amide bonds. The number of ether oxygens (including phenoxy) is 2. The van der Waals surface area contributed by atoms with Crippen molar-refractivity contribution < 1.29 is 39.8 Å². The molecule has 0 saturated carbocycles. The van der Waals surface area contributed by atoms with E-state index in [1.165, 1.54) is 167 Å². The number of hydrogen-bond donors (Lipinski definition) is 6. The number of aliphatic hydroxyl groups is 5. The third-order valence-electron chi connectivity index (χ3n) is 11.8. The van der Waals surface area contributed by atoms with Crippen molar-refractivity contribution >= 4 is 5.91 Å². The van der Waals surface area contributed by atoms with Gasteiger partial charge < -0.3 is 40.3 Å². The molecule has 0 aliphatic carbocycles. The van der Waals surface area contributed by atoms with Crippen molar-refractivity contribution in [3.05, 3.63) is 24.3 Å². The average Bonchev–Trinajstić information content (AvgIpc) is 3.22. The van der Waals surface area contributed by atoms with E-state index >= 15 is 0 Å². The summed E-state index contributed by atoms with van der Waals surface area (Å²) < 4.78 is 11.2. The molecule has 342 valence electrons. The molecule has 0 spiro atoms. The van der Waals surface area contributed by atoms with Gasteiger partial charge in [-0.1, -0.05) is 199 Å². The number of aliphatic hydroxyl groups excluding tert-OH is 5. The highest BCUT2D eigenvalue weighted by molar-refractivity contribution is 5.76. The summed E-state index contributed by atoms with van der Waals surface area (Å²) in [7, 11) is 0. The van der Waals surface area contributed by atoms with Gasteiger partial charge in [0.1, 0.15) is 24.4 Å². The second kappa shape index (κ2) is 39.8. The predicted molar refractivity (Wildman–Crippen MR) is 240 cm³/mol. The summed E-state index contributed by atoms with van der Waals surface area (Å²) in [6.07, 6.45) is 40.8. The van der Waals surface area contributed by atoms with Gasteiger partial charge in [0.25, 0.3) is 0 Å². The zero-order valence-electron chi connectivity index (χ0n) is 37.6. The first-order valence-corrected chi connectivity index (χ1v) is 24.6. The number of nitrogens with one attached hydrogen (secondary N) is 1. The maximum atomic E-state index is 13.0. The van der Waals surface area contributed by atoms with Gasteiger partial charge in [-0.2, -0.15) is 0 Å². The highest BCUT2D eigenvalue weighted by Crippen LogP contribution is 2.23. The first-order chi connectivity index (χ1) is 28.3. The Labute approximate surface area is 356 Å². The molecule has 0 radical (unpaired) electrons. The molecule has 1 aliphatic rings. The minimum absolute atomic E-state index is 0.178. The van der Waals surface area contributed by atoms with Gasteiger partial charge in [0.15, 0.2) is 6.29 Å². The average molecular weight is 824 g/mol. The third kappa shape index (κ3) is 29.8. The van der Waals surface area contributed by atoms with E-state index in [9.17, 15) is 30.3 Å². The van der Waals surface area contributed by atoms with E-state index in [4.69, 9.17) is 9.47 Å². The first kappa shape index (κ1) is 54.7. The summed E-state index contributed by atoms with van der Waals surface area (Å²) in [6, 6.07) is -0.802. The second-order valence-electron chi connectivity index (χ2n) is 17.3. The summed E-state index contributed by atoms with van der Waals surface area (Å²) in [5, 5.41) is 54.2. The fourth-order valence-electron chi connectivity index (χ4n) is 7.80. The monoisotopic (exact) mass is 824 g/mol. The van der Waals surface area contributed by atoms with Crippen molar-refractivity contribution in [3.8, 4) is 0 Å². The Balaban J connectivity index is 2.30. The number of carbonyl (C=O) groups excluding carboxylic acids is 1. The first-order valence-electron chi connectivity index (χ1n) is 24.6. The molecule has 1 heterocycles. The highest BCUT2D eigenvalue weighted by Gasteiger charge is 2.44. The fraction of sp³-hybridized carbons (Fsp3) is 0.898. The van der Waals surface area contributed by atoms with Crippen LogP contribution in [0.15, 0.2) is 24.3 Å². The van der Waals surface area contributed by atoms with E-state index in [0.717, 1.165) is 38.5 Å². The number of carbonyl (C=O) groups is 1. The molecule has 7 unspecified atom stereocenters. The predicted octanol–water partition coefficient (Wildman–Crippen LogP) is 10.7. The summed E-state index contributed by atoms with van der Waals surface area (Å²) >= 11 is 0. The van der Waals surface area contributed by atoms with Crippen LogP contribution in [-0.2, 0) is 14.3 Å². The lowest BCUT2D eigenvalue weighted by Gasteiger charge is -2.40. The topological polar surface area (TPSA) is 149 Å². The van der Waals surface area contributed by atoms with Crippen molar-refractivity contribution in [1.29, 1.82) is 0 Å². The van der Waals surface area contributed by atoms with Crippen LogP contribution < -0.4 is 5.32 Å². The molecule has 1 rings (SSSR count). The second-order valence-corrected chi connectivity index (χ2v) is 17.3. The highest BCUT2D eigenvalue weighted by atomic mass is 16.7. The molecule has 7 atom stereocenters. The Morgan fingerprint density at radius 1 is 0.569 bits per heavy atom. The summed E-state index contributed by atoms with van der Waals surface area (Å²) in [6.45, 7) is 3.78. The van der Waals surface area contributed by atoms with Crippen molar-refractivity contribution in [2.24, 2.45) is 0 Å². The van der Waals surface area contributed by atoms with E-state index in [0.29, 0.717) is 6.42 Å². The van der Waals surface area contributed by atoms with Gasteiger partial charge in [0.05, 0.1) is 25.4 Å². The minimum atomic E-state index is -1.56. The molecule has 0 aromatic carbocycles. The van der Waals surface area contributed by atoms with Crippen molar-refractivity contribution in [3.63, 3.8) is 0 Å². The molecule has 0 aromatic heterocycles. The zero-order chi connectivity index (χ0) is 42.3. The van der Waals surface area contributed by atoms with Gasteiger partial charge >= 0.3 is 0 Å². The fourth-order valence-corrected chi connectivity index (χ4v) is 7.80. The number of unbranched alkanes of at least 4 members (excludes halogenated alkanes) is 29. The van der Waals surface area contributed by atoms with Crippen LogP contribution in [0, 0.1) is 0 Å². The van der Waals surface area contributed by atoms with Crippen LogP contribution in [0.1, 0.15) is 226 Å². The lowest BCUT2D eigenvalue weighted by molar-refractivity contribution is -0.302. The SMILES string of the molecule is CCCCCCCCCC/C=C\CCCCCCCCCCCC(=O)NC(COC1OC(CO)C(O)C(O)C1O)C(O)/C=C/CCCCCCCCCCCCCC. The molecule has 6 N–H and O–H groups in total. The Kier molecular flexibility index (Phi) is 37.5. The number of hydrogen-bond acceptors (Lipinski definition) is 8. The molecule has 0 bridgehead atoms. The van der Waals surface area contributed by atoms with Crippen LogP contribution in [0.4, 0.5) is 0 Å². The van der Waals surface area contributed by atoms with Crippen molar-refractivity contribution in [1.82, 2.24) is 5.32 Å². The Morgan fingerprint density at radius 3 is 1.40 bits per heavy atom. The molecule has 1 saturated heterocycles. The quantitative estimate of drug-likeness (QED) is 0.0264.